The van der Waals surface area contributed by atoms with E-state index in [0.29, 0.717) is 15.7 Å². The Morgan fingerprint density at radius 1 is 1.15 bits per heavy atom. The van der Waals surface area contributed by atoms with Gasteiger partial charge < -0.3 is 9.15 Å². The molecule has 0 unspecified atom stereocenters. The highest BCUT2D eigenvalue weighted by molar-refractivity contribution is 7.21. The summed E-state index contributed by atoms with van der Waals surface area (Å²) in [4.78, 5) is 24.6. The first-order chi connectivity index (χ1) is 12.5. The first-order valence-corrected chi connectivity index (χ1v) is 8.79. The zero-order valence-corrected chi connectivity index (χ0v) is 14.7. The lowest BCUT2D eigenvalue weighted by molar-refractivity contribution is 0.0473. The van der Waals surface area contributed by atoms with E-state index in [2.05, 4.69) is 0 Å². The molecule has 0 aliphatic carbocycles. The Morgan fingerprint density at radius 2 is 1.96 bits per heavy atom. The Hall–Kier alpha value is -2.70. The third-order valence-corrected chi connectivity index (χ3v) is 5.45. The Bertz CT molecular complexity index is 1130. The highest BCUT2D eigenvalue weighted by Crippen LogP contribution is 2.36. The van der Waals surface area contributed by atoms with Crippen LogP contribution in [0.3, 0.4) is 0 Å². The fourth-order valence-corrected chi connectivity index (χ4v) is 3.98. The largest absolute Gasteiger partial charge is 0.453 e. The zero-order valence-electron chi connectivity index (χ0n) is 13.1. The van der Waals surface area contributed by atoms with Crippen LogP contribution in [0.5, 0.6) is 0 Å². The number of esters is 1. The molecule has 2 heterocycles. The Balaban J connectivity index is 1.51. The van der Waals surface area contributed by atoms with Crippen LogP contribution >= 0.6 is 22.9 Å². The van der Waals surface area contributed by atoms with Crippen molar-refractivity contribution in [3.8, 4) is 0 Å². The van der Waals surface area contributed by atoms with Crippen LogP contribution in [-0.2, 0) is 4.74 Å². The third kappa shape index (κ3) is 2.98. The van der Waals surface area contributed by atoms with Gasteiger partial charge in [0.05, 0.1) is 5.02 Å². The summed E-state index contributed by atoms with van der Waals surface area (Å²) >= 11 is 7.19. The van der Waals surface area contributed by atoms with Gasteiger partial charge in [0.25, 0.3) is 0 Å². The van der Waals surface area contributed by atoms with Crippen molar-refractivity contribution in [3.05, 3.63) is 70.0 Å². The van der Waals surface area contributed by atoms with Crippen molar-refractivity contribution >= 4 is 55.7 Å². The standard InChI is InChI=1S/C19H10ClFO4S/c20-17-12-6-5-11(21)8-16(12)26-18(17)19(23)24-9-13(22)15-7-10-3-1-2-4-14(10)25-15/h1-8H,9H2. The molecule has 0 saturated heterocycles. The van der Waals surface area contributed by atoms with Gasteiger partial charge >= 0.3 is 5.97 Å². The van der Waals surface area contributed by atoms with Gasteiger partial charge in [-0.3, -0.25) is 4.79 Å². The molecular formula is C19H10ClFO4S. The number of Topliss-reactive ketones (excluding diaryl/α,β-unsaturated/α-hetero) is 1. The number of para-hydroxylation sites is 1. The first-order valence-electron chi connectivity index (χ1n) is 7.59. The summed E-state index contributed by atoms with van der Waals surface area (Å²) < 4.78 is 24.3. The van der Waals surface area contributed by atoms with E-state index >= 15 is 0 Å². The average molecular weight is 389 g/mol. The number of halogens is 2. The van der Waals surface area contributed by atoms with Crippen LogP contribution < -0.4 is 0 Å². The van der Waals surface area contributed by atoms with Gasteiger partial charge in [0, 0.05) is 15.5 Å². The molecule has 0 bridgehead atoms. The lowest BCUT2D eigenvalue weighted by Gasteiger charge is -2.01. The summed E-state index contributed by atoms with van der Waals surface area (Å²) in [6, 6.07) is 12.8. The van der Waals surface area contributed by atoms with Crippen LogP contribution in [0.1, 0.15) is 20.2 Å². The minimum atomic E-state index is -0.735. The molecule has 4 nitrogen and oxygen atoms in total. The van der Waals surface area contributed by atoms with E-state index in [4.69, 9.17) is 20.8 Å². The van der Waals surface area contributed by atoms with E-state index < -0.39 is 24.2 Å². The van der Waals surface area contributed by atoms with Crippen LogP contribution in [0.4, 0.5) is 4.39 Å². The molecule has 2 aromatic carbocycles. The summed E-state index contributed by atoms with van der Waals surface area (Å²) in [5, 5.41) is 1.54. The lowest BCUT2D eigenvalue weighted by atomic mass is 10.2. The van der Waals surface area contributed by atoms with Gasteiger partial charge in [-0.1, -0.05) is 29.8 Å². The van der Waals surface area contributed by atoms with Gasteiger partial charge in [0.1, 0.15) is 16.3 Å². The molecule has 2 aromatic heterocycles. The maximum atomic E-state index is 13.3. The van der Waals surface area contributed by atoms with E-state index in [1.54, 1.807) is 18.2 Å². The SMILES string of the molecule is O=C(COC(=O)c1sc2cc(F)ccc2c1Cl)c1cc2ccccc2o1. The summed E-state index contributed by atoms with van der Waals surface area (Å²) in [6.45, 7) is -0.475. The van der Waals surface area contributed by atoms with Crippen LogP contribution in [0.25, 0.3) is 21.1 Å². The van der Waals surface area contributed by atoms with Crippen molar-refractivity contribution in [2.75, 3.05) is 6.61 Å². The van der Waals surface area contributed by atoms with Gasteiger partial charge in [-0.2, -0.15) is 0 Å². The van der Waals surface area contributed by atoms with Crippen molar-refractivity contribution < 1.29 is 23.1 Å². The van der Waals surface area contributed by atoms with E-state index in [0.717, 1.165) is 16.7 Å². The molecule has 0 saturated carbocycles. The second-order valence-electron chi connectivity index (χ2n) is 5.53. The second-order valence-corrected chi connectivity index (χ2v) is 6.96. The lowest BCUT2D eigenvalue weighted by Crippen LogP contribution is -2.13. The number of benzene rings is 2. The minimum absolute atomic E-state index is 0.114. The van der Waals surface area contributed by atoms with Gasteiger partial charge in [0.15, 0.2) is 12.4 Å². The van der Waals surface area contributed by atoms with Gasteiger partial charge in [-0.15, -0.1) is 11.3 Å². The Kier molecular flexibility index (Phi) is 4.22. The molecule has 0 atom stereocenters. The molecule has 130 valence electrons. The summed E-state index contributed by atoms with van der Waals surface area (Å²) in [5.41, 5.74) is 0.580. The van der Waals surface area contributed by atoms with Crippen molar-refractivity contribution in [1.29, 1.82) is 0 Å². The van der Waals surface area contributed by atoms with Crippen LogP contribution in [0.2, 0.25) is 5.02 Å². The molecule has 4 rings (SSSR count). The number of fused-ring (bicyclic) bond motifs is 2. The van der Waals surface area contributed by atoms with Crippen molar-refractivity contribution in [1.82, 2.24) is 0 Å². The smallest absolute Gasteiger partial charge is 0.350 e. The topological polar surface area (TPSA) is 56.5 Å². The third-order valence-electron chi connectivity index (χ3n) is 3.81. The quantitative estimate of drug-likeness (QED) is 0.343. The Morgan fingerprint density at radius 3 is 2.77 bits per heavy atom. The number of rotatable bonds is 4. The number of carbonyl (C=O) groups is 2. The monoisotopic (exact) mass is 388 g/mol. The summed E-state index contributed by atoms with van der Waals surface area (Å²) in [6.07, 6.45) is 0. The first kappa shape index (κ1) is 16.8. The molecule has 4 aromatic rings. The van der Waals surface area contributed by atoms with Crippen LogP contribution in [0, 0.1) is 5.82 Å². The van der Waals surface area contributed by atoms with Crippen molar-refractivity contribution in [2.24, 2.45) is 0 Å². The zero-order chi connectivity index (χ0) is 18.3. The van der Waals surface area contributed by atoms with Gasteiger partial charge in [-0.25, -0.2) is 9.18 Å². The maximum absolute atomic E-state index is 13.3. The van der Waals surface area contributed by atoms with Crippen molar-refractivity contribution in [3.63, 3.8) is 0 Å². The number of hydrogen-bond acceptors (Lipinski definition) is 5. The summed E-state index contributed by atoms with van der Waals surface area (Å²) in [5.74, 6) is -1.50. The highest BCUT2D eigenvalue weighted by atomic mass is 35.5. The van der Waals surface area contributed by atoms with Gasteiger partial charge in [-0.05, 0) is 30.3 Å². The molecule has 0 spiro atoms. The normalized spacial score (nSPS) is 11.2. The van der Waals surface area contributed by atoms with Crippen LogP contribution in [-0.4, -0.2) is 18.4 Å². The number of furan rings is 1. The number of ether oxygens (including phenoxy) is 1. The fraction of sp³-hybridized carbons (Fsp3) is 0.0526. The molecular weight excluding hydrogens is 379 g/mol. The molecule has 0 aliphatic rings. The van der Waals surface area contributed by atoms with E-state index in [-0.39, 0.29) is 15.7 Å². The fourth-order valence-electron chi connectivity index (χ4n) is 2.56. The van der Waals surface area contributed by atoms with Gasteiger partial charge in [0.2, 0.25) is 5.78 Å². The highest BCUT2D eigenvalue weighted by Gasteiger charge is 2.21. The Labute approximate surface area is 155 Å². The predicted octanol–water partition coefficient (Wildman–Crippen LogP) is 5.48. The average Bonchev–Trinajstić information content (AvgIpc) is 3.20. The number of hydrogen-bond donors (Lipinski definition) is 0. The maximum Gasteiger partial charge on any atom is 0.350 e. The van der Waals surface area contributed by atoms with E-state index in [1.807, 2.05) is 12.1 Å². The molecule has 26 heavy (non-hydrogen) atoms. The molecule has 0 radical (unpaired) electrons. The number of ketones is 1. The minimum Gasteiger partial charge on any atom is -0.453 e. The molecule has 0 aliphatic heterocycles. The molecule has 0 N–H and O–H groups in total. The number of carbonyl (C=O) groups excluding carboxylic acids is 2. The van der Waals surface area contributed by atoms with Crippen LogP contribution in [0.15, 0.2) is 52.9 Å². The molecule has 0 amide bonds. The summed E-state index contributed by atoms with van der Waals surface area (Å²) in [7, 11) is 0. The molecule has 0 fully saturated rings. The van der Waals surface area contributed by atoms with E-state index in [9.17, 15) is 14.0 Å². The van der Waals surface area contributed by atoms with Crippen molar-refractivity contribution in [2.45, 2.75) is 0 Å². The second kappa shape index (κ2) is 6.55. The van der Waals surface area contributed by atoms with E-state index in [1.165, 1.54) is 18.2 Å². The number of thiophene rings is 1. The predicted molar refractivity (Wildman–Crippen MR) is 97.6 cm³/mol. The molecule has 7 heteroatoms.